The molecule has 3 N–H and O–H groups in total. The molecule has 1 aromatic carbocycles. The Hall–Kier alpha value is -1.68. The maximum Gasteiger partial charge on any atom is 0.148 e. The minimum Gasteiger partial charge on any atom is -0.404 e. The van der Waals surface area contributed by atoms with Gasteiger partial charge in [0, 0.05) is 18.0 Å². The van der Waals surface area contributed by atoms with E-state index in [2.05, 4.69) is 4.99 Å². The Balaban J connectivity index is 2.95. The molecule has 0 aliphatic carbocycles. The van der Waals surface area contributed by atoms with Crippen LogP contribution in [-0.2, 0) is 0 Å². The fourth-order valence-corrected chi connectivity index (χ4v) is 1.26. The molecule has 0 aliphatic heterocycles. The minimum absolute atomic E-state index is 0.221. The lowest BCUT2D eigenvalue weighted by Crippen LogP contribution is -2.27. The SMILES string of the molecule is CCC(C)(O)C(C=Nc1ccccc1F)=CN. The molecule has 0 heterocycles. The highest BCUT2D eigenvalue weighted by molar-refractivity contribution is 5.83. The largest absolute Gasteiger partial charge is 0.404 e. The Morgan fingerprint density at radius 1 is 1.53 bits per heavy atom. The van der Waals surface area contributed by atoms with Gasteiger partial charge in [0.15, 0.2) is 0 Å². The molecular weight excluding hydrogens is 219 g/mol. The van der Waals surface area contributed by atoms with E-state index in [0.717, 1.165) is 0 Å². The number of halogens is 1. The third-order valence-electron chi connectivity index (χ3n) is 2.69. The van der Waals surface area contributed by atoms with Gasteiger partial charge in [0.1, 0.15) is 5.82 Å². The molecule has 0 aromatic heterocycles. The zero-order valence-electron chi connectivity index (χ0n) is 10.0. The van der Waals surface area contributed by atoms with Crippen molar-refractivity contribution in [1.29, 1.82) is 0 Å². The fourth-order valence-electron chi connectivity index (χ4n) is 1.26. The predicted octanol–water partition coefficient (Wildman–Crippen LogP) is 2.53. The number of aliphatic imine (C=N–C) groups is 1. The fraction of sp³-hybridized carbons (Fsp3) is 0.308. The van der Waals surface area contributed by atoms with Crippen molar-refractivity contribution in [2.24, 2.45) is 10.7 Å². The molecule has 92 valence electrons. The summed E-state index contributed by atoms with van der Waals surface area (Å²) < 4.78 is 13.3. The highest BCUT2D eigenvalue weighted by atomic mass is 19.1. The van der Waals surface area contributed by atoms with E-state index in [4.69, 9.17) is 5.73 Å². The molecule has 0 aliphatic rings. The zero-order chi connectivity index (χ0) is 12.9. The molecule has 17 heavy (non-hydrogen) atoms. The molecule has 1 unspecified atom stereocenters. The Labute approximate surface area is 100 Å². The Morgan fingerprint density at radius 2 is 2.18 bits per heavy atom. The standard InChI is InChI=1S/C13H17FN2O/c1-3-13(2,17)10(8-15)9-16-12-7-5-4-6-11(12)14/h4-9,17H,3,15H2,1-2H3. The van der Waals surface area contributed by atoms with Crippen molar-refractivity contribution in [3.63, 3.8) is 0 Å². The van der Waals surface area contributed by atoms with Crippen LogP contribution >= 0.6 is 0 Å². The summed E-state index contributed by atoms with van der Waals surface area (Å²) in [4.78, 5) is 3.98. The summed E-state index contributed by atoms with van der Waals surface area (Å²) in [5.41, 5.74) is 5.06. The van der Waals surface area contributed by atoms with Gasteiger partial charge < -0.3 is 10.8 Å². The van der Waals surface area contributed by atoms with Crippen LogP contribution in [0.4, 0.5) is 10.1 Å². The van der Waals surface area contributed by atoms with Crippen LogP contribution in [0.5, 0.6) is 0 Å². The summed E-state index contributed by atoms with van der Waals surface area (Å²) in [6.45, 7) is 3.47. The summed E-state index contributed by atoms with van der Waals surface area (Å²) in [7, 11) is 0. The van der Waals surface area contributed by atoms with Crippen molar-refractivity contribution in [3.05, 3.63) is 41.9 Å². The topological polar surface area (TPSA) is 58.6 Å². The van der Waals surface area contributed by atoms with E-state index in [-0.39, 0.29) is 5.69 Å². The van der Waals surface area contributed by atoms with Gasteiger partial charge in [-0.1, -0.05) is 19.1 Å². The lowest BCUT2D eigenvalue weighted by atomic mass is 9.94. The van der Waals surface area contributed by atoms with Crippen LogP contribution in [-0.4, -0.2) is 16.9 Å². The van der Waals surface area contributed by atoms with E-state index >= 15 is 0 Å². The lowest BCUT2D eigenvalue weighted by molar-refractivity contribution is 0.101. The molecule has 0 radical (unpaired) electrons. The Bertz CT molecular complexity index is 439. The van der Waals surface area contributed by atoms with Gasteiger partial charge in [-0.15, -0.1) is 0 Å². The molecule has 1 atom stereocenters. The third-order valence-corrected chi connectivity index (χ3v) is 2.69. The lowest BCUT2D eigenvalue weighted by Gasteiger charge is -2.21. The van der Waals surface area contributed by atoms with Crippen molar-refractivity contribution >= 4 is 11.9 Å². The molecule has 0 amide bonds. The predicted molar refractivity (Wildman–Crippen MR) is 67.7 cm³/mol. The van der Waals surface area contributed by atoms with E-state index in [1.165, 1.54) is 18.5 Å². The van der Waals surface area contributed by atoms with Gasteiger partial charge in [-0.3, -0.25) is 4.99 Å². The average molecular weight is 236 g/mol. The molecule has 0 bridgehead atoms. The van der Waals surface area contributed by atoms with Crippen molar-refractivity contribution in [2.75, 3.05) is 0 Å². The molecular formula is C13H17FN2O. The van der Waals surface area contributed by atoms with E-state index in [0.29, 0.717) is 12.0 Å². The minimum atomic E-state index is -1.05. The summed E-state index contributed by atoms with van der Waals surface area (Å²) >= 11 is 0. The molecule has 1 rings (SSSR count). The highest BCUT2D eigenvalue weighted by Crippen LogP contribution is 2.20. The summed E-state index contributed by atoms with van der Waals surface area (Å²) in [6, 6.07) is 6.17. The monoisotopic (exact) mass is 236 g/mol. The van der Waals surface area contributed by atoms with E-state index in [9.17, 15) is 9.50 Å². The summed E-state index contributed by atoms with van der Waals surface area (Å²) in [5.74, 6) is -0.406. The highest BCUT2D eigenvalue weighted by Gasteiger charge is 2.21. The van der Waals surface area contributed by atoms with E-state index in [1.807, 2.05) is 6.92 Å². The number of nitrogens with two attached hydrogens (primary N) is 1. The second kappa shape index (κ2) is 5.59. The van der Waals surface area contributed by atoms with Crippen LogP contribution in [0.1, 0.15) is 20.3 Å². The van der Waals surface area contributed by atoms with E-state index in [1.54, 1.807) is 25.1 Å². The van der Waals surface area contributed by atoms with Crippen LogP contribution in [0.3, 0.4) is 0 Å². The number of rotatable bonds is 4. The second-order valence-electron chi connectivity index (χ2n) is 3.96. The van der Waals surface area contributed by atoms with Crippen LogP contribution in [0, 0.1) is 5.82 Å². The molecule has 3 nitrogen and oxygen atoms in total. The van der Waals surface area contributed by atoms with Gasteiger partial charge >= 0.3 is 0 Å². The first kappa shape index (κ1) is 13.4. The van der Waals surface area contributed by atoms with Gasteiger partial charge in [-0.2, -0.15) is 0 Å². The first-order chi connectivity index (χ1) is 8.01. The molecule has 1 aromatic rings. The second-order valence-corrected chi connectivity index (χ2v) is 3.96. The van der Waals surface area contributed by atoms with Gasteiger partial charge in [0.25, 0.3) is 0 Å². The number of para-hydroxylation sites is 1. The van der Waals surface area contributed by atoms with Gasteiger partial charge in [-0.25, -0.2) is 4.39 Å². The first-order valence-corrected chi connectivity index (χ1v) is 5.44. The summed E-state index contributed by atoms with van der Waals surface area (Å²) in [5, 5.41) is 10.00. The van der Waals surface area contributed by atoms with Crippen LogP contribution in [0.2, 0.25) is 0 Å². The molecule has 4 heteroatoms. The quantitative estimate of drug-likeness (QED) is 0.789. The smallest absolute Gasteiger partial charge is 0.148 e. The maximum atomic E-state index is 13.3. The van der Waals surface area contributed by atoms with Crippen molar-refractivity contribution < 1.29 is 9.50 Å². The number of hydrogen-bond acceptors (Lipinski definition) is 3. The number of benzene rings is 1. The Kier molecular flexibility index (Phi) is 4.40. The number of aliphatic hydroxyl groups is 1. The van der Waals surface area contributed by atoms with Crippen molar-refractivity contribution in [2.45, 2.75) is 25.9 Å². The number of nitrogens with zero attached hydrogens (tertiary/aromatic N) is 1. The average Bonchev–Trinajstić information content (AvgIpc) is 2.32. The number of hydrogen-bond donors (Lipinski definition) is 2. The van der Waals surface area contributed by atoms with Crippen molar-refractivity contribution in [3.8, 4) is 0 Å². The van der Waals surface area contributed by atoms with Gasteiger partial charge in [0.2, 0.25) is 0 Å². The Morgan fingerprint density at radius 3 is 2.71 bits per heavy atom. The third kappa shape index (κ3) is 3.39. The van der Waals surface area contributed by atoms with Crippen LogP contribution in [0.15, 0.2) is 41.0 Å². The van der Waals surface area contributed by atoms with Crippen LogP contribution in [0.25, 0.3) is 0 Å². The van der Waals surface area contributed by atoms with E-state index < -0.39 is 11.4 Å². The van der Waals surface area contributed by atoms with Crippen LogP contribution < -0.4 is 5.73 Å². The van der Waals surface area contributed by atoms with Crippen molar-refractivity contribution in [1.82, 2.24) is 0 Å². The van der Waals surface area contributed by atoms with Gasteiger partial charge in [0.05, 0.1) is 11.3 Å². The molecule has 0 saturated heterocycles. The zero-order valence-corrected chi connectivity index (χ0v) is 10.0. The molecule has 0 spiro atoms. The molecule has 0 saturated carbocycles. The summed E-state index contributed by atoms with van der Waals surface area (Å²) in [6.07, 6.45) is 3.18. The van der Waals surface area contributed by atoms with Gasteiger partial charge in [-0.05, 0) is 25.5 Å². The normalized spacial score (nSPS) is 16.1. The first-order valence-electron chi connectivity index (χ1n) is 5.44. The molecule has 0 fully saturated rings. The maximum absolute atomic E-state index is 13.3.